The van der Waals surface area contributed by atoms with Crippen LogP contribution < -0.4 is 5.32 Å². The molecular formula is C28H30N2O3. The third kappa shape index (κ3) is 5.89. The largest absolute Gasteiger partial charge is 0.508 e. The highest BCUT2D eigenvalue weighted by molar-refractivity contribution is 5.95. The summed E-state index contributed by atoms with van der Waals surface area (Å²) in [5, 5.41) is 22.9. The van der Waals surface area contributed by atoms with E-state index in [1.807, 2.05) is 60.7 Å². The smallest absolute Gasteiger partial charge is 0.251 e. The van der Waals surface area contributed by atoms with Gasteiger partial charge in [0.05, 0.1) is 6.61 Å². The van der Waals surface area contributed by atoms with Crippen LogP contribution >= 0.6 is 0 Å². The molecule has 170 valence electrons. The molecular weight excluding hydrogens is 412 g/mol. The fourth-order valence-electron chi connectivity index (χ4n) is 4.30. The van der Waals surface area contributed by atoms with Gasteiger partial charge in [0.25, 0.3) is 5.91 Å². The van der Waals surface area contributed by atoms with Gasteiger partial charge in [0, 0.05) is 31.2 Å². The summed E-state index contributed by atoms with van der Waals surface area (Å²) in [6, 6.07) is 23.1. The molecule has 1 atom stereocenters. The first-order valence-electron chi connectivity index (χ1n) is 11.4. The fourth-order valence-corrected chi connectivity index (χ4v) is 4.30. The predicted molar refractivity (Wildman–Crippen MR) is 131 cm³/mol. The normalized spacial score (nSPS) is 16.0. The van der Waals surface area contributed by atoms with Gasteiger partial charge >= 0.3 is 0 Å². The highest BCUT2D eigenvalue weighted by Crippen LogP contribution is 2.28. The van der Waals surface area contributed by atoms with Gasteiger partial charge in [-0.05, 0) is 53.3 Å². The van der Waals surface area contributed by atoms with Crippen LogP contribution in [0.15, 0.2) is 78.9 Å². The van der Waals surface area contributed by atoms with Crippen LogP contribution in [-0.2, 0) is 19.5 Å². The molecule has 0 saturated heterocycles. The van der Waals surface area contributed by atoms with E-state index >= 15 is 0 Å². The number of carbonyl (C=O) groups excluding carboxylic acids is 1. The molecule has 5 nitrogen and oxygen atoms in total. The van der Waals surface area contributed by atoms with Gasteiger partial charge in [0.2, 0.25) is 0 Å². The Hall–Kier alpha value is -3.41. The van der Waals surface area contributed by atoms with Crippen molar-refractivity contribution in [2.24, 2.45) is 0 Å². The fraction of sp³-hybridized carbons (Fsp3) is 0.250. The molecule has 0 aromatic heterocycles. The molecule has 0 spiro atoms. The maximum absolute atomic E-state index is 12.9. The van der Waals surface area contributed by atoms with E-state index in [2.05, 4.69) is 22.4 Å². The molecule has 1 aliphatic rings. The van der Waals surface area contributed by atoms with Crippen molar-refractivity contribution < 1.29 is 15.0 Å². The van der Waals surface area contributed by atoms with Gasteiger partial charge in [0.15, 0.2) is 0 Å². The Kier molecular flexibility index (Phi) is 7.55. The summed E-state index contributed by atoms with van der Waals surface area (Å²) >= 11 is 0. The molecule has 0 bridgehead atoms. The minimum atomic E-state index is -0.0886. The van der Waals surface area contributed by atoms with Gasteiger partial charge in [-0.1, -0.05) is 66.7 Å². The zero-order valence-electron chi connectivity index (χ0n) is 18.7. The van der Waals surface area contributed by atoms with Gasteiger partial charge in [-0.25, -0.2) is 0 Å². The number of benzene rings is 3. The molecule has 1 unspecified atom stereocenters. The highest BCUT2D eigenvalue weighted by atomic mass is 16.3. The highest BCUT2D eigenvalue weighted by Gasteiger charge is 2.27. The minimum Gasteiger partial charge on any atom is -0.508 e. The number of phenolic OH excluding ortho intramolecular Hbond substituents is 1. The lowest BCUT2D eigenvalue weighted by Gasteiger charge is -2.36. The molecule has 0 fully saturated rings. The number of nitrogens with zero attached hydrogens (tertiary/aromatic N) is 1. The third-order valence-corrected chi connectivity index (χ3v) is 6.09. The third-order valence-electron chi connectivity index (χ3n) is 6.09. The molecule has 0 radical (unpaired) electrons. The molecule has 4 rings (SSSR count). The lowest BCUT2D eigenvalue weighted by molar-refractivity contribution is 0.0931. The molecule has 33 heavy (non-hydrogen) atoms. The number of aliphatic hydroxyl groups excluding tert-OH is 1. The summed E-state index contributed by atoms with van der Waals surface area (Å²) in [4.78, 5) is 15.1. The average Bonchev–Trinajstić information content (AvgIpc) is 2.84. The number of rotatable bonds is 8. The zero-order chi connectivity index (χ0) is 23.0. The Bertz CT molecular complexity index is 1110. The van der Waals surface area contributed by atoms with Crippen molar-refractivity contribution >= 4 is 12.0 Å². The molecule has 0 aliphatic carbocycles. The second-order valence-corrected chi connectivity index (χ2v) is 8.41. The van der Waals surface area contributed by atoms with Crippen molar-refractivity contribution in [1.82, 2.24) is 10.2 Å². The monoisotopic (exact) mass is 442 g/mol. The number of aromatic hydroxyl groups is 1. The second kappa shape index (κ2) is 10.9. The molecule has 3 N–H and O–H groups in total. The quantitative estimate of drug-likeness (QED) is 0.459. The molecule has 1 amide bonds. The van der Waals surface area contributed by atoms with Crippen molar-refractivity contribution in [3.63, 3.8) is 0 Å². The SMILES string of the molecule is O=C(NCCC=Cc1ccccc1)c1ccccc1CN1Cc2cc(O)ccc2CC1CO. The zero-order valence-corrected chi connectivity index (χ0v) is 18.7. The van der Waals surface area contributed by atoms with Crippen LogP contribution in [-0.4, -0.2) is 40.2 Å². The van der Waals surface area contributed by atoms with E-state index in [4.69, 9.17) is 0 Å². The van der Waals surface area contributed by atoms with E-state index in [0.717, 1.165) is 28.7 Å². The van der Waals surface area contributed by atoms with Crippen molar-refractivity contribution in [1.29, 1.82) is 0 Å². The lowest BCUT2D eigenvalue weighted by atomic mass is 9.93. The molecule has 0 saturated carbocycles. The molecule has 5 heteroatoms. The van der Waals surface area contributed by atoms with Crippen molar-refractivity contribution in [3.8, 4) is 5.75 Å². The van der Waals surface area contributed by atoms with Crippen LogP contribution in [0.5, 0.6) is 5.75 Å². The lowest BCUT2D eigenvalue weighted by Crippen LogP contribution is -2.42. The van der Waals surface area contributed by atoms with E-state index in [1.165, 1.54) is 0 Å². The van der Waals surface area contributed by atoms with Crippen molar-refractivity contribution in [2.75, 3.05) is 13.2 Å². The first-order valence-corrected chi connectivity index (χ1v) is 11.4. The maximum Gasteiger partial charge on any atom is 0.251 e. The van der Waals surface area contributed by atoms with E-state index < -0.39 is 0 Å². The summed E-state index contributed by atoms with van der Waals surface area (Å²) in [6.07, 6.45) is 5.59. The standard InChI is InChI=1S/C28H30N2O3/c31-20-25-16-22-13-14-26(32)17-24(22)19-30(25)18-23-11-4-5-12-27(23)28(33)29-15-7-6-10-21-8-2-1-3-9-21/h1-6,8-14,17,25,31-32H,7,15-16,18-20H2,(H,29,33). The van der Waals surface area contributed by atoms with Crippen LogP contribution in [0.3, 0.4) is 0 Å². The number of phenols is 1. The Morgan fingerprint density at radius 3 is 2.64 bits per heavy atom. The maximum atomic E-state index is 12.9. The Morgan fingerprint density at radius 2 is 1.82 bits per heavy atom. The number of fused-ring (bicyclic) bond motifs is 1. The number of carbonyl (C=O) groups is 1. The van der Waals surface area contributed by atoms with Crippen molar-refractivity contribution in [2.45, 2.75) is 32.0 Å². The van der Waals surface area contributed by atoms with E-state index in [0.29, 0.717) is 31.6 Å². The van der Waals surface area contributed by atoms with Gasteiger partial charge in [-0.3, -0.25) is 9.69 Å². The second-order valence-electron chi connectivity index (χ2n) is 8.41. The topological polar surface area (TPSA) is 72.8 Å². The minimum absolute atomic E-state index is 0.0266. The molecule has 1 heterocycles. The first-order chi connectivity index (χ1) is 16.1. The molecule has 1 aliphatic heterocycles. The average molecular weight is 443 g/mol. The van der Waals surface area contributed by atoms with Crippen LogP contribution in [0.2, 0.25) is 0 Å². The number of amides is 1. The first kappa shape index (κ1) is 22.8. The summed E-state index contributed by atoms with van der Waals surface area (Å²) in [6.45, 7) is 1.78. The summed E-state index contributed by atoms with van der Waals surface area (Å²) in [5.74, 6) is 0.159. The van der Waals surface area contributed by atoms with E-state index in [1.54, 1.807) is 12.1 Å². The Labute approximate surface area is 195 Å². The summed E-state index contributed by atoms with van der Waals surface area (Å²) < 4.78 is 0. The van der Waals surface area contributed by atoms with Gasteiger partial charge < -0.3 is 15.5 Å². The van der Waals surface area contributed by atoms with E-state index in [9.17, 15) is 15.0 Å². The van der Waals surface area contributed by atoms with Crippen LogP contribution in [0.4, 0.5) is 0 Å². The van der Waals surface area contributed by atoms with Gasteiger partial charge in [-0.15, -0.1) is 0 Å². The number of hydrogen-bond donors (Lipinski definition) is 3. The van der Waals surface area contributed by atoms with Crippen molar-refractivity contribution in [3.05, 3.63) is 107 Å². The van der Waals surface area contributed by atoms with Crippen LogP contribution in [0.25, 0.3) is 6.08 Å². The summed E-state index contributed by atoms with van der Waals surface area (Å²) in [5.41, 5.74) is 4.94. The summed E-state index contributed by atoms with van der Waals surface area (Å²) in [7, 11) is 0. The van der Waals surface area contributed by atoms with Crippen LogP contribution in [0, 0.1) is 0 Å². The van der Waals surface area contributed by atoms with Gasteiger partial charge in [0.1, 0.15) is 5.75 Å². The predicted octanol–water partition coefficient (Wildman–Crippen LogP) is 4.14. The number of aliphatic hydroxyl groups is 1. The van der Waals surface area contributed by atoms with Gasteiger partial charge in [-0.2, -0.15) is 0 Å². The number of hydrogen-bond acceptors (Lipinski definition) is 4. The number of nitrogens with one attached hydrogen (secondary N) is 1. The Balaban J connectivity index is 1.39. The molecule has 3 aromatic carbocycles. The Morgan fingerprint density at radius 1 is 1.03 bits per heavy atom. The van der Waals surface area contributed by atoms with Crippen LogP contribution in [0.1, 0.15) is 39.0 Å². The van der Waals surface area contributed by atoms with E-state index in [-0.39, 0.29) is 24.3 Å². The molecule has 3 aromatic rings.